The summed E-state index contributed by atoms with van der Waals surface area (Å²) in [6.07, 6.45) is 0. The molecule has 1 N–H and O–H groups in total. The monoisotopic (exact) mass is 283 g/mol. The summed E-state index contributed by atoms with van der Waals surface area (Å²) in [7, 11) is -1.53. The van der Waals surface area contributed by atoms with Crippen LogP contribution in [-0.2, 0) is 10.0 Å². The Balaban J connectivity index is 2.13. The van der Waals surface area contributed by atoms with Gasteiger partial charge in [0, 0.05) is 38.9 Å². The maximum absolute atomic E-state index is 12.5. The minimum absolute atomic E-state index is 0.372. The van der Waals surface area contributed by atoms with E-state index in [0.717, 1.165) is 25.3 Å². The van der Waals surface area contributed by atoms with Gasteiger partial charge in [-0.2, -0.15) is 4.31 Å². The van der Waals surface area contributed by atoms with E-state index in [1.54, 1.807) is 28.6 Å². The summed E-state index contributed by atoms with van der Waals surface area (Å²) < 4.78 is 26.5. The van der Waals surface area contributed by atoms with Gasteiger partial charge in [-0.3, -0.25) is 0 Å². The Morgan fingerprint density at radius 2 is 1.68 bits per heavy atom. The van der Waals surface area contributed by atoms with Crippen LogP contribution in [0, 0.1) is 0 Å². The van der Waals surface area contributed by atoms with Crippen molar-refractivity contribution in [1.29, 1.82) is 0 Å². The van der Waals surface area contributed by atoms with Crippen LogP contribution in [0.15, 0.2) is 29.2 Å². The smallest absolute Gasteiger partial charge is 0.243 e. The highest BCUT2D eigenvalue weighted by atomic mass is 32.2. The highest BCUT2D eigenvalue weighted by molar-refractivity contribution is 7.89. The molecule has 0 spiro atoms. The van der Waals surface area contributed by atoms with E-state index in [4.69, 9.17) is 0 Å². The van der Waals surface area contributed by atoms with Crippen LogP contribution in [0.3, 0.4) is 0 Å². The van der Waals surface area contributed by atoms with E-state index in [1.165, 1.54) is 0 Å². The average Bonchev–Trinajstić information content (AvgIpc) is 2.47. The van der Waals surface area contributed by atoms with Gasteiger partial charge in [-0.1, -0.05) is 6.92 Å². The van der Waals surface area contributed by atoms with Crippen molar-refractivity contribution in [2.45, 2.75) is 11.8 Å². The maximum Gasteiger partial charge on any atom is 0.243 e. The second kappa shape index (κ2) is 5.90. The zero-order chi connectivity index (χ0) is 13.9. The van der Waals surface area contributed by atoms with Gasteiger partial charge >= 0.3 is 0 Å². The van der Waals surface area contributed by atoms with Gasteiger partial charge in [0.2, 0.25) is 10.0 Å². The first-order valence-corrected chi connectivity index (χ1v) is 8.02. The molecule has 1 saturated heterocycles. The lowest BCUT2D eigenvalue weighted by atomic mass is 10.3. The third-order valence-corrected chi connectivity index (χ3v) is 5.47. The van der Waals surface area contributed by atoms with Gasteiger partial charge in [-0.25, -0.2) is 8.42 Å². The lowest BCUT2D eigenvalue weighted by Gasteiger charge is -2.33. The number of hydrogen-bond acceptors (Lipinski definition) is 4. The molecule has 0 aliphatic carbocycles. The van der Waals surface area contributed by atoms with Crippen molar-refractivity contribution in [2.24, 2.45) is 0 Å². The molecule has 1 fully saturated rings. The van der Waals surface area contributed by atoms with E-state index in [0.29, 0.717) is 18.0 Å². The Morgan fingerprint density at radius 1 is 1.11 bits per heavy atom. The largest absolute Gasteiger partial charge is 0.388 e. The summed E-state index contributed by atoms with van der Waals surface area (Å²) in [5.74, 6) is 0. The van der Waals surface area contributed by atoms with Gasteiger partial charge in [0.25, 0.3) is 0 Å². The number of nitrogens with zero attached hydrogens (tertiary/aromatic N) is 2. The molecule has 0 unspecified atom stereocenters. The van der Waals surface area contributed by atoms with Crippen molar-refractivity contribution in [2.75, 3.05) is 45.1 Å². The first-order chi connectivity index (χ1) is 9.07. The fraction of sp³-hybridized carbons (Fsp3) is 0.538. The molecule has 0 radical (unpaired) electrons. The molecule has 0 saturated carbocycles. The van der Waals surface area contributed by atoms with Crippen molar-refractivity contribution in [1.82, 2.24) is 9.21 Å². The number of nitrogens with one attached hydrogen (secondary N) is 1. The lowest BCUT2D eigenvalue weighted by molar-refractivity contribution is 0.196. The number of sulfonamides is 1. The van der Waals surface area contributed by atoms with Crippen LogP contribution in [0.25, 0.3) is 0 Å². The average molecular weight is 283 g/mol. The molecule has 0 bridgehead atoms. The van der Waals surface area contributed by atoms with Crippen molar-refractivity contribution in [3.8, 4) is 0 Å². The van der Waals surface area contributed by atoms with E-state index in [2.05, 4.69) is 17.1 Å². The molecule has 6 heteroatoms. The van der Waals surface area contributed by atoms with Crippen LogP contribution in [0.5, 0.6) is 0 Å². The summed E-state index contributed by atoms with van der Waals surface area (Å²) in [4.78, 5) is 2.63. The molecule has 0 amide bonds. The molecule has 1 aromatic carbocycles. The van der Waals surface area contributed by atoms with Gasteiger partial charge in [-0.05, 0) is 30.8 Å². The molecule has 1 aromatic rings. The predicted molar refractivity (Wildman–Crippen MR) is 76.9 cm³/mol. The zero-order valence-corrected chi connectivity index (χ0v) is 12.3. The van der Waals surface area contributed by atoms with Crippen LogP contribution in [0.4, 0.5) is 5.69 Å². The molecular formula is C13H21N3O2S. The number of anilines is 1. The second-order valence-electron chi connectivity index (χ2n) is 4.61. The summed E-state index contributed by atoms with van der Waals surface area (Å²) >= 11 is 0. The molecule has 106 valence electrons. The standard InChI is InChI=1S/C13H21N3O2S/c1-3-15-8-10-16(11-9-15)19(17,18)13-6-4-12(14-2)5-7-13/h4-7,14H,3,8-11H2,1-2H3. The number of likely N-dealkylation sites (N-methyl/N-ethyl adjacent to an activating group) is 1. The zero-order valence-electron chi connectivity index (χ0n) is 11.5. The van der Waals surface area contributed by atoms with Crippen molar-refractivity contribution in [3.05, 3.63) is 24.3 Å². The third kappa shape index (κ3) is 3.08. The van der Waals surface area contributed by atoms with E-state index >= 15 is 0 Å². The number of benzene rings is 1. The first kappa shape index (κ1) is 14.3. The Labute approximate surface area is 115 Å². The first-order valence-electron chi connectivity index (χ1n) is 6.58. The minimum Gasteiger partial charge on any atom is -0.388 e. The number of piperazine rings is 1. The van der Waals surface area contributed by atoms with E-state index in [-0.39, 0.29) is 0 Å². The Morgan fingerprint density at radius 3 is 2.16 bits per heavy atom. The molecule has 19 heavy (non-hydrogen) atoms. The molecule has 0 atom stereocenters. The van der Waals surface area contributed by atoms with Gasteiger partial charge < -0.3 is 10.2 Å². The molecule has 1 aliphatic rings. The Bertz CT molecular complexity index is 505. The summed E-state index contributed by atoms with van der Waals surface area (Å²) in [6, 6.07) is 6.89. The summed E-state index contributed by atoms with van der Waals surface area (Å²) in [5.41, 5.74) is 0.912. The van der Waals surface area contributed by atoms with Gasteiger partial charge in [-0.15, -0.1) is 0 Å². The van der Waals surface area contributed by atoms with Crippen LogP contribution < -0.4 is 5.32 Å². The predicted octanol–water partition coefficient (Wildman–Crippen LogP) is 1.05. The summed E-state index contributed by atoms with van der Waals surface area (Å²) in [5, 5.41) is 2.98. The molecule has 0 aromatic heterocycles. The third-order valence-electron chi connectivity index (χ3n) is 3.56. The van der Waals surface area contributed by atoms with E-state index in [9.17, 15) is 8.42 Å². The van der Waals surface area contributed by atoms with Gasteiger partial charge in [0.1, 0.15) is 0 Å². The SMILES string of the molecule is CCN1CCN(S(=O)(=O)c2ccc(NC)cc2)CC1. The van der Waals surface area contributed by atoms with Crippen LogP contribution >= 0.6 is 0 Å². The number of hydrogen-bond donors (Lipinski definition) is 1. The molecule has 5 nitrogen and oxygen atoms in total. The van der Waals surface area contributed by atoms with Crippen molar-refractivity contribution in [3.63, 3.8) is 0 Å². The number of rotatable bonds is 4. The topological polar surface area (TPSA) is 52.7 Å². The minimum atomic E-state index is -3.34. The fourth-order valence-electron chi connectivity index (χ4n) is 2.23. The highest BCUT2D eigenvalue weighted by Crippen LogP contribution is 2.19. The van der Waals surface area contributed by atoms with Gasteiger partial charge in [0.05, 0.1) is 4.90 Å². The van der Waals surface area contributed by atoms with Crippen LogP contribution in [-0.4, -0.2) is 57.4 Å². The second-order valence-corrected chi connectivity index (χ2v) is 6.55. The molecule has 2 rings (SSSR count). The lowest BCUT2D eigenvalue weighted by Crippen LogP contribution is -2.48. The highest BCUT2D eigenvalue weighted by Gasteiger charge is 2.27. The van der Waals surface area contributed by atoms with Crippen LogP contribution in [0.2, 0.25) is 0 Å². The van der Waals surface area contributed by atoms with Gasteiger partial charge in [0.15, 0.2) is 0 Å². The van der Waals surface area contributed by atoms with E-state index < -0.39 is 10.0 Å². The normalized spacial score (nSPS) is 18.4. The van der Waals surface area contributed by atoms with Crippen molar-refractivity contribution >= 4 is 15.7 Å². The maximum atomic E-state index is 12.5. The summed E-state index contributed by atoms with van der Waals surface area (Å²) in [6.45, 7) is 5.84. The molecule has 1 heterocycles. The Hall–Kier alpha value is -1.11. The van der Waals surface area contributed by atoms with Crippen LogP contribution in [0.1, 0.15) is 6.92 Å². The van der Waals surface area contributed by atoms with E-state index in [1.807, 2.05) is 7.05 Å². The van der Waals surface area contributed by atoms with Crippen molar-refractivity contribution < 1.29 is 8.42 Å². The Kier molecular flexibility index (Phi) is 4.44. The molecular weight excluding hydrogens is 262 g/mol. The quantitative estimate of drug-likeness (QED) is 0.897. The molecule has 1 aliphatic heterocycles. The fourth-order valence-corrected chi connectivity index (χ4v) is 3.65.